The van der Waals surface area contributed by atoms with Gasteiger partial charge >= 0.3 is 12.0 Å². The number of amides is 2. The number of urea groups is 1. The van der Waals surface area contributed by atoms with Gasteiger partial charge in [0.05, 0.1) is 5.41 Å². The summed E-state index contributed by atoms with van der Waals surface area (Å²) in [5.74, 6) is -0.880. The Morgan fingerprint density at radius 1 is 1.24 bits per heavy atom. The molecule has 0 aromatic heterocycles. The van der Waals surface area contributed by atoms with Gasteiger partial charge in [0.2, 0.25) is 0 Å². The maximum atomic E-state index is 11.8. The number of carboxylic acids is 1. The number of rotatable bonds is 6. The van der Waals surface area contributed by atoms with Gasteiger partial charge in [-0.05, 0) is 44.9 Å². The molecule has 0 radical (unpaired) electrons. The van der Waals surface area contributed by atoms with E-state index in [2.05, 4.69) is 17.6 Å². The van der Waals surface area contributed by atoms with E-state index in [0.29, 0.717) is 11.3 Å². The van der Waals surface area contributed by atoms with Gasteiger partial charge in [0.25, 0.3) is 0 Å². The number of aliphatic carboxylic acids is 1. The second-order valence-electron chi connectivity index (χ2n) is 5.80. The van der Waals surface area contributed by atoms with E-state index in [9.17, 15) is 14.7 Å². The van der Waals surface area contributed by atoms with Gasteiger partial charge in [-0.1, -0.05) is 25.5 Å². The normalized spacial score (nSPS) is 12.6. The minimum absolute atomic E-state index is 0.125. The maximum Gasteiger partial charge on any atom is 0.319 e. The Kier molecular flexibility index (Phi) is 5.76. The largest absolute Gasteiger partial charge is 0.481 e. The van der Waals surface area contributed by atoms with Crippen LogP contribution < -0.4 is 10.6 Å². The first-order chi connectivity index (χ1) is 9.77. The first kappa shape index (κ1) is 17.0. The predicted molar refractivity (Wildman–Crippen MR) is 83.6 cm³/mol. The summed E-state index contributed by atoms with van der Waals surface area (Å²) >= 11 is 0. The molecule has 2 amide bonds. The summed E-state index contributed by atoms with van der Waals surface area (Å²) < 4.78 is 0. The first-order valence-corrected chi connectivity index (χ1v) is 7.18. The molecule has 0 saturated carbocycles. The number of carboxylic acid groups (broad SMARTS) is 1. The van der Waals surface area contributed by atoms with Crippen LogP contribution in [0, 0.1) is 0 Å². The van der Waals surface area contributed by atoms with Crippen LogP contribution in [0.1, 0.15) is 46.1 Å². The Labute approximate surface area is 125 Å². The highest BCUT2D eigenvalue weighted by atomic mass is 16.4. The quantitative estimate of drug-likeness (QED) is 0.752. The molecule has 0 fully saturated rings. The average molecular weight is 292 g/mol. The fourth-order valence-electron chi connectivity index (χ4n) is 1.99. The van der Waals surface area contributed by atoms with Crippen LogP contribution in [-0.2, 0) is 10.2 Å². The smallest absolute Gasteiger partial charge is 0.319 e. The predicted octanol–water partition coefficient (Wildman–Crippen LogP) is 3.36. The van der Waals surface area contributed by atoms with Crippen LogP contribution in [0.5, 0.6) is 0 Å². The molecule has 0 bridgehead atoms. The van der Waals surface area contributed by atoms with Crippen LogP contribution in [0.25, 0.3) is 0 Å². The molecule has 0 spiro atoms. The molecule has 0 heterocycles. The van der Waals surface area contributed by atoms with E-state index >= 15 is 0 Å². The summed E-state index contributed by atoms with van der Waals surface area (Å²) in [6.45, 7) is 7.33. The minimum Gasteiger partial charge on any atom is -0.481 e. The number of nitrogens with one attached hydrogen (secondary N) is 2. The highest BCUT2D eigenvalue weighted by Crippen LogP contribution is 2.24. The van der Waals surface area contributed by atoms with Crippen molar-refractivity contribution in [3.8, 4) is 0 Å². The number of hydrogen-bond donors (Lipinski definition) is 3. The lowest BCUT2D eigenvalue weighted by atomic mass is 9.85. The van der Waals surface area contributed by atoms with Gasteiger partial charge in [0.15, 0.2) is 0 Å². The van der Waals surface area contributed by atoms with Gasteiger partial charge in [-0.2, -0.15) is 0 Å². The van der Waals surface area contributed by atoms with Crippen molar-refractivity contribution >= 4 is 17.7 Å². The van der Waals surface area contributed by atoms with E-state index in [4.69, 9.17) is 0 Å². The summed E-state index contributed by atoms with van der Waals surface area (Å²) in [5, 5.41) is 14.8. The number of hydrogen-bond acceptors (Lipinski definition) is 2. The van der Waals surface area contributed by atoms with Crippen LogP contribution >= 0.6 is 0 Å². The van der Waals surface area contributed by atoms with Gasteiger partial charge in [0.1, 0.15) is 0 Å². The first-order valence-electron chi connectivity index (χ1n) is 7.18. The van der Waals surface area contributed by atoms with Crippen LogP contribution in [0.15, 0.2) is 24.3 Å². The summed E-state index contributed by atoms with van der Waals surface area (Å²) in [5.41, 5.74) is 0.387. The van der Waals surface area contributed by atoms with Crippen molar-refractivity contribution in [3.63, 3.8) is 0 Å². The number of anilines is 1. The molecule has 0 aliphatic rings. The molecule has 3 N–H and O–H groups in total. The van der Waals surface area contributed by atoms with Crippen molar-refractivity contribution in [2.24, 2.45) is 0 Å². The third kappa shape index (κ3) is 4.77. The fraction of sp³-hybridized carbons (Fsp3) is 0.500. The summed E-state index contributed by atoms with van der Waals surface area (Å²) in [6.07, 6.45) is 1.94. The number of carbonyl (C=O) groups is 2. The maximum absolute atomic E-state index is 11.8. The van der Waals surface area contributed by atoms with E-state index < -0.39 is 11.4 Å². The van der Waals surface area contributed by atoms with Crippen molar-refractivity contribution in [2.45, 2.75) is 52.0 Å². The zero-order valence-electron chi connectivity index (χ0n) is 13.1. The van der Waals surface area contributed by atoms with Crippen molar-refractivity contribution in [3.05, 3.63) is 29.8 Å². The lowest BCUT2D eigenvalue weighted by Crippen LogP contribution is -2.36. The Balaban J connectivity index is 2.67. The zero-order valence-corrected chi connectivity index (χ0v) is 13.1. The molecule has 1 rings (SSSR count). The molecule has 1 unspecified atom stereocenters. The molecule has 5 heteroatoms. The SMILES string of the molecule is CCCC(C)NC(=O)Nc1ccc(C(C)(C)C(=O)O)cc1. The Morgan fingerprint density at radius 2 is 1.81 bits per heavy atom. The molecule has 5 nitrogen and oxygen atoms in total. The van der Waals surface area contributed by atoms with Crippen molar-refractivity contribution in [1.82, 2.24) is 5.32 Å². The topological polar surface area (TPSA) is 78.4 Å². The average Bonchev–Trinajstić information content (AvgIpc) is 2.39. The van der Waals surface area contributed by atoms with E-state index in [1.165, 1.54) is 0 Å². The summed E-state index contributed by atoms with van der Waals surface area (Å²) in [7, 11) is 0. The van der Waals surface area contributed by atoms with Gasteiger partial charge in [-0.25, -0.2) is 4.79 Å². The van der Waals surface area contributed by atoms with Crippen molar-refractivity contribution in [1.29, 1.82) is 0 Å². The molecule has 21 heavy (non-hydrogen) atoms. The van der Waals surface area contributed by atoms with Crippen LogP contribution in [0.4, 0.5) is 10.5 Å². The number of carbonyl (C=O) groups excluding carboxylic acids is 1. The standard InChI is InChI=1S/C16H24N2O3/c1-5-6-11(2)17-15(21)18-13-9-7-12(8-10-13)16(3,4)14(19)20/h7-11H,5-6H2,1-4H3,(H,19,20)(H2,17,18,21). The molecule has 0 aliphatic heterocycles. The van der Waals surface area contributed by atoms with E-state index in [1.54, 1.807) is 38.1 Å². The zero-order chi connectivity index (χ0) is 16.0. The molecule has 0 saturated heterocycles. The molecule has 116 valence electrons. The molecular formula is C16H24N2O3. The third-order valence-electron chi connectivity index (χ3n) is 3.50. The van der Waals surface area contributed by atoms with Gasteiger partial charge in [-0.15, -0.1) is 0 Å². The van der Waals surface area contributed by atoms with Crippen LogP contribution in [0.3, 0.4) is 0 Å². The lowest BCUT2D eigenvalue weighted by Gasteiger charge is -2.20. The summed E-state index contributed by atoms with van der Waals surface area (Å²) in [4.78, 5) is 23.0. The Morgan fingerprint density at radius 3 is 2.29 bits per heavy atom. The molecule has 1 aromatic carbocycles. The van der Waals surface area contributed by atoms with Gasteiger partial charge in [0, 0.05) is 11.7 Å². The second kappa shape index (κ2) is 7.11. The van der Waals surface area contributed by atoms with E-state index in [0.717, 1.165) is 12.8 Å². The monoisotopic (exact) mass is 292 g/mol. The Hall–Kier alpha value is -2.04. The number of benzene rings is 1. The van der Waals surface area contributed by atoms with Crippen LogP contribution in [0.2, 0.25) is 0 Å². The lowest BCUT2D eigenvalue weighted by molar-refractivity contribution is -0.142. The highest BCUT2D eigenvalue weighted by molar-refractivity contribution is 5.89. The fourth-order valence-corrected chi connectivity index (χ4v) is 1.99. The minimum atomic E-state index is -0.948. The van der Waals surface area contributed by atoms with Crippen molar-refractivity contribution in [2.75, 3.05) is 5.32 Å². The van der Waals surface area contributed by atoms with E-state index in [-0.39, 0.29) is 12.1 Å². The van der Waals surface area contributed by atoms with Crippen LogP contribution in [-0.4, -0.2) is 23.1 Å². The second-order valence-corrected chi connectivity index (χ2v) is 5.80. The molecule has 1 aromatic rings. The summed E-state index contributed by atoms with van der Waals surface area (Å²) in [6, 6.07) is 6.74. The van der Waals surface area contributed by atoms with E-state index in [1.807, 2.05) is 6.92 Å². The van der Waals surface area contributed by atoms with Gasteiger partial charge in [-0.3, -0.25) is 4.79 Å². The molecule has 1 atom stereocenters. The molecular weight excluding hydrogens is 268 g/mol. The van der Waals surface area contributed by atoms with Gasteiger partial charge < -0.3 is 15.7 Å². The third-order valence-corrected chi connectivity index (χ3v) is 3.50. The van der Waals surface area contributed by atoms with Crippen molar-refractivity contribution < 1.29 is 14.7 Å². The highest BCUT2D eigenvalue weighted by Gasteiger charge is 2.29. The molecule has 0 aliphatic carbocycles. The Bertz CT molecular complexity index is 495.